The van der Waals surface area contributed by atoms with Crippen molar-refractivity contribution >= 4 is 11.9 Å². The second-order valence-corrected chi connectivity index (χ2v) is 4.13. The van der Waals surface area contributed by atoms with Gasteiger partial charge in [0.05, 0.1) is 12.0 Å². The van der Waals surface area contributed by atoms with Crippen molar-refractivity contribution in [1.82, 2.24) is 5.32 Å². The van der Waals surface area contributed by atoms with E-state index >= 15 is 0 Å². The third-order valence-corrected chi connectivity index (χ3v) is 2.53. The van der Waals surface area contributed by atoms with Gasteiger partial charge in [0.25, 0.3) is 0 Å². The number of rotatable bonds is 6. The SMILES string of the molecule is C=CCC(C)NC(=O)Cc1ccccc1C(=O)O. The second-order valence-electron chi connectivity index (χ2n) is 4.13. The average molecular weight is 247 g/mol. The molecule has 2 N–H and O–H groups in total. The average Bonchev–Trinajstić information content (AvgIpc) is 2.29. The molecule has 0 aromatic heterocycles. The van der Waals surface area contributed by atoms with E-state index < -0.39 is 5.97 Å². The van der Waals surface area contributed by atoms with E-state index in [9.17, 15) is 9.59 Å². The number of hydrogen-bond donors (Lipinski definition) is 2. The molecular formula is C14H17NO3. The number of carbonyl (C=O) groups excluding carboxylic acids is 1. The van der Waals surface area contributed by atoms with Crippen molar-refractivity contribution in [3.8, 4) is 0 Å². The zero-order valence-electron chi connectivity index (χ0n) is 10.3. The van der Waals surface area contributed by atoms with Crippen LogP contribution in [0.4, 0.5) is 0 Å². The van der Waals surface area contributed by atoms with Crippen LogP contribution < -0.4 is 5.32 Å². The van der Waals surface area contributed by atoms with Crippen LogP contribution in [-0.2, 0) is 11.2 Å². The van der Waals surface area contributed by atoms with E-state index in [0.717, 1.165) is 0 Å². The number of amides is 1. The van der Waals surface area contributed by atoms with Crippen molar-refractivity contribution in [3.05, 3.63) is 48.0 Å². The summed E-state index contributed by atoms with van der Waals surface area (Å²) in [6, 6.07) is 6.53. The maximum Gasteiger partial charge on any atom is 0.335 e. The molecule has 0 fully saturated rings. The number of aromatic carboxylic acids is 1. The number of nitrogens with one attached hydrogen (secondary N) is 1. The van der Waals surface area contributed by atoms with Crippen molar-refractivity contribution in [2.24, 2.45) is 0 Å². The van der Waals surface area contributed by atoms with Gasteiger partial charge in [-0.1, -0.05) is 24.3 Å². The molecule has 1 rings (SSSR count). The molecule has 1 unspecified atom stereocenters. The molecule has 0 spiro atoms. The Morgan fingerprint density at radius 2 is 2.11 bits per heavy atom. The summed E-state index contributed by atoms with van der Waals surface area (Å²) < 4.78 is 0. The minimum atomic E-state index is -1.02. The van der Waals surface area contributed by atoms with E-state index in [1.165, 1.54) is 6.07 Å². The van der Waals surface area contributed by atoms with Crippen molar-refractivity contribution in [3.63, 3.8) is 0 Å². The van der Waals surface area contributed by atoms with Gasteiger partial charge in [-0.05, 0) is 25.0 Å². The van der Waals surface area contributed by atoms with Crippen molar-refractivity contribution in [2.45, 2.75) is 25.8 Å². The number of benzene rings is 1. The maximum atomic E-state index is 11.7. The lowest BCUT2D eigenvalue weighted by Gasteiger charge is -2.12. The van der Waals surface area contributed by atoms with Crippen LogP contribution in [0.2, 0.25) is 0 Å². The second kappa shape index (κ2) is 6.59. The molecule has 96 valence electrons. The van der Waals surface area contributed by atoms with Crippen LogP contribution >= 0.6 is 0 Å². The zero-order valence-corrected chi connectivity index (χ0v) is 10.3. The first-order valence-electron chi connectivity index (χ1n) is 5.76. The van der Waals surface area contributed by atoms with Gasteiger partial charge in [0.15, 0.2) is 0 Å². The summed E-state index contributed by atoms with van der Waals surface area (Å²) in [4.78, 5) is 22.7. The predicted molar refractivity (Wildman–Crippen MR) is 69.5 cm³/mol. The largest absolute Gasteiger partial charge is 0.478 e. The number of carbonyl (C=O) groups is 2. The number of hydrogen-bond acceptors (Lipinski definition) is 2. The van der Waals surface area contributed by atoms with E-state index in [-0.39, 0.29) is 23.9 Å². The molecule has 0 radical (unpaired) electrons. The van der Waals surface area contributed by atoms with Crippen LogP contribution in [0.3, 0.4) is 0 Å². The van der Waals surface area contributed by atoms with Crippen molar-refractivity contribution < 1.29 is 14.7 Å². The lowest BCUT2D eigenvalue weighted by atomic mass is 10.0. The monoisotopic (exact) mass is 247 g/mol. The van der Waals surface area contributed by atoms with E-state index in [1.54, 1.807) is 24.3 Å². The topological polar surface area (TPSA) is 66.4 Å². The smallest absolute Gasteiger partial charge is 0.335 e. The Labute approximate surface area is 106 Å². The van der Waals surface area contributed by atoms with Gasteiger partial charge in [-0.15, -0.1) is 6.58 Å². The zero-order chi connectivity index (χ0) is 13.5. The third-order valence-electron chi connectivity index (χ3n) is 2.53. The van der Waals surface area contributed by atoms with Gasteiger partial charge < -0.3 is 10.4 Å². The molecule has 0 aliphatic carbocycles. The molecule has 0 aliphatic rings. The van der Waals surface area contributed by atoms with Gasteiger partial charge in [-0.2, -0.15) is 0 Å². The Balaban J connectivity index is 2.70. The Kier molecular flexibility index (Phi) is 5.11. The fraction of sp³-hybridized carbons (Fsp3) is 0.286. The van der Waals surface area contributed by atoms with Crippen LogP contribution in [0, 0.1) is 0 Å². The van der Waals surface area contributed by atoms with Crippen LogP contribution in [-0.4, -0.2) is 23.0 Å². The van der Waals surface area contributed by atoms with Crippen LogP contribution in [0.25, 0.3) is 0 Å². The molecular weight excluding hydrogens is 230 g/mol. The van der Waals surface area contributed by atoms with Gasteiger partial charge in [0.1, 0.15) is 0 Å². The standard InChI is InChI=1S/C14H17NO3/c1-3-6-10(2)15-13(16)9-11-7-4-5-8-12(11)14(17)18/h3-5,7-8,10H,1,6,9H2,2H3,(H,15,16)(H,17,18). The minimum Gasteiger partial charge on any atom is -0.478 e. The Hall–Kier alpha value is -2.10. The molecule has 0 aliphatic heterocycles. The molecule has 18 heavy (non-hydrogen) atoms. The molecule has 1 aromatic carbocycles. The summed E-state index contributed by atoms with van der Waals surface area (Å²) in [5.41, 5.74) is 0.692. The van der Waals surface area contributed by atoms with Crippen molar-refractivity contribution in [1.29, 1.82) is 0 Å². The fourth-order valence-corrected chi connectivity index (χ4v) is 1.69. The van der Waals surface area contributed by atoms with E-state index in [2.05, 4.69) is 11.9 Å². The molecule has 4 heteroatoms. The van der Waals surface area contributed by atoms with Crippen LogP contribution in [0.1, 0.15) is 29.3 Å². The molecule has 0 saturated carbocycles. The first-order chi connectivity index (χ1) is 8.54. The summed E-state index contributed by atoms with van der Waals surface area (Å²) in [6.45, 7) is 5.48. The lowest BCUT2D eigenvalue weighted by Crippen LogP contribution is -2.33. The molecule has 0 saturated heterocycles. The minimum absolute atomic E-state index is 0.00647. The Bertz CT molecular complexity index is 454. The highest BCUT2D eigenvalue weighted by molar-refractivity contribution is 5.91. The molecule has 1 amide bonds. The summed E-state index contributed by atoms with van der Waals surface area (Å²) in [7, 11) is 0. The Morgan fingerprint density at radius 1 is 1.44 bits per heavy atom. The third kappa shape index (κ3) is 4.05. The van der Waals surface area contributed by atoms with Gasteiger partial charge in [-0.25, -0.2) is 4.79 Å². The van der Waals surface area contributed by atoms with E-state index in [0.29, 0.717) is 12.0 Å². The van der Waals surface area contributed by atoms with Crippen LogP contribution in [0.5, 0.6) is 0 Å². The summed E-state index contributed by atoms with van der Waals surface area (Å²) >= 11 is 0. The van der Waals surface area contributed by atoms with E-state index in [1.807, 2.05) is 6.92 Å². The van der Waals surface area contributed by atoms with Crippen LogP contribution in [0.15, 0.2) is 36.9 Å². The highest BCUT2D eigenvalue weighted by atomic mass is 16.4. The molecule has 1 aromatic rings. The summed E-state index contributed by atoms with van der Waals surface area (Å²) in [5, 5.41) is 11.8. The van der Waals surface area contributed by atoms with Gasteiger partial charge in [0, 0.05) is 6.04 Å². The maximum absolute atomic E-state index is 11.7. The van der Waals surface area contributed by atoms with Crippen molar-refractivity contribution in [2.75, 3.05) is 0 Å². The molecule has 0 heterocycles. The van der Waals surface area contributed by atoms with Gasteiger partial charge in [0.2, 0.25) is 5.91 Å². The van der Waals surface area contributed by atoms with Gasteiger partial charge in [-0.3, -0.25) is 4.79 Å². The quantitative estimate of drug-likeness (QED) is 0.756. The summed E-state index contributed by atoms with van der Waals surface area (Å²) in [6.07, 6.45) is 2.49. The molecule has 0 bridgehead atoms. The van der Waals surface area contributed by atoms with Gasteiger partial charge >= 0.3 is 5.97 Å². The van der Waals surface area contributed by atoms with E-state index in [4.69, 9.17) is 5.11 Å². The highest BCUT2D eigenvalue weighted by Crippen LogP contribution is 2.09. The first kappa shape index (κ1) is 14.0. The number of carboxylic acid groups (broad SMARTS) is 1. The molecule has 1 atom stereocenters. The fourth-order valence-electron chi connectivity index (χ4n) is 1.69. The Morgan fingerprint density at radius 3 is 2.72 bits per heavy atom. The summed E-state index contributed by atoms with van der Waals surface area (Å²) in [5.74, 6) is -1.20. The lowest BCUT2D eigenvalue weighted by molar-refractivity contribution is -0.121. The first-order valence-corrected chi connectivity index (χ1v) is 5.76. The highest BCUT2D eigenvalue weighted by Gasteiger charge is 2.13. The number of carboxylic acids is 1. The molecule has 4 nitrogen and oxygen atoms in total. The predicted octanol–water partition coefficient (Wildman–Crippen LogP) is 2.01. The normalized spacial score (nSPS) is 11.6.